The van der Waals surface area contributed by atoms with Crippen molar-refractivity contribution in [3.05, 3.63) is 84.4 Å². The second-order valence-corrected chi connectivity index (χ2v) is 9.16. The molecule has 0 aliphatic carbocycles. The normalized spacial score (nSPS) is 12.5. The lowest BCUT2D eigenvalue weighted by Gasteiger charge is -2.27. The van der Waals surface area contributed by atoms with E-state index in [2.05, 4.69) is 16.0 Å². The average Bonchev–Trinajstić information content (AvgIpc) is 2.72. The number of carbonyl (C=O) groups excluding carboxylic acids is 1. The molecule has 8 heteroatoms. The Bertz CT molecular complexity index is 1070. The predicted octanol–water partition coefficient (Wildman–Crippen LogP) is 5.65. The highest BCUT2D eigenvalue weighted by Gasteiger charge is 2.34. The zero-order valence-corrected chi connectivity index (χ0v) is 18.7. The Hall–Kier alpha value is -2.31. The summed E-state index contributed by atoms with van der Waals surface area (Å²) in [6.45, 7) is 0. The van der Waals surface area contributed by atoms with Gasteiger partial charge in [-0.25, -0.2) is 0 Å². The highest BCUT2D eigenvalue weighted by atomic mass is 35.6. The number of alkyl halides is 3. The van der Waals surface area contributed by atoms with Gasteiger partial charge in [-0.15, -0.1) is 0 Å². The van der Waals surface area contributed by atoms with Gasteiger partial charge in [-0.1, -0.05) is 95.5 Å². The number of fused-ring (bicyclic) bond motifs is 1. The Morgan fingerprint density at radius 3 is 2.27 bits per heavy atom. The molecule has 1 unspecified atom stereocenters. The van der Waals surface area contributed by atoms with Crippen LogP contribution in [-0.4, -0.2) is 21.0 Å². The van der Waals surface area contributed by atoms with Gasteiger partial charge in [0.2, 0.25) is 9.70 Å². The van der Waals surface area contributed by atoms with Crippen LogP contribution in [-0.2, 0) is 4.79 Å². The Morgan fingerprint density at radius 1 is 0.900 bits per heavy atom. The third-order valence-electron chi connectivity index (χ3n) is 4.12. The Labute approximate surface area is 195 Å². The molecule has 154 valence electrons. The molecule has 0 fully saturated rings. The summed E-state index contributed by atoms with van der Waals surface area (Å²) in [5.74, 6) is -0.434. The summed E-state index contributed by atoms with van der Waals surface area (Å²) in [5.41, 5.74) is 1.64. The standard InChI is InChI=1S/C22H18Cl3N3OS/c23-22(24,25)20(27-19(29)13-10-15-6-2-1-3-7-15)28-21(30)26-18-12-11-16-8-4-5-9-17(16)14-18/h1-14,20H,(H,27,29)(H2,26,28,30)/b13-10+. The van der Waals surface area contributed by atoms with E-state index in [-0.39, 0.29) is 5.11 Å². The van der Waals surface area contributed by atoms with E-state index in [1.165, 1.54) is 6.08 Å². The van der Waals surface area contributed by atoms with E-state index in [0.717, 1.165) is 22.0 Å². The molecule has 30 heavy (non-hydrogen) atoms. The first-order chi connectivity index (χ1) is 14.3. The van der Waals surface area contributed by atoms with Crippen LogP contribution in [0.1, 0.15) is 5.56 Å². The lowest BCUT2D eigenvalue weighted by atomic mass is 10.1. The number of halogens is 3. The van der Waals surface area contributed by atoms with Gasteiger partial charge in [-0.2, -0.15) is 0 Å². The van der Waals surface area contributed by atoms with Crippen molar-refractivity contribution in [3.8, 4) is 0 Å². The fourth-order valence-electron chi connectivity index (χ4n) is 2.69. The molecule has 0 aliphatic rings. The van der Waals surface area contributed by atoms with Crippen molar-refractivity contribution in [2.24, 2.45) is 0 Å². The first kappa shape index (κ1) is 22.4. The van der Waals surface area contributed by atoms with Gasteiger partial charge in [0.1, 0.15) is 6.17 Å². The van der Waals surface area contributed by atoms with Gasteiger partial charge in [0.15, 0.2) is 5.11 Å². The van der Waals surface area contributed by atoms with Crippen molar-refractivity contribution < 1.29 is 4.79 Å². The van der Waals surface area contributed by atoms with Crippen molar-refractivity contribution >= 4 is 80.6 Å². The van der Waals surface area contributed by atoms with Crippen LogP contribution in [0.4, 0.5) is 5.69 Å². The maximum absolute atomic E-state index is 12.3. The molecule has 0 aliphatic heterocycles. The van der Waals surface area contributed by atoms with Crippen LogP contribution in [0.2, 0.25) is 0 Å². The molecule has 3 aromatic rings. The molecule has 0 heterocycles. The number of anilines is 1. The van der Waals surface area contributed by atoms with Crippen LogP contribution in [0, 0.1) is 0 Å². The van der Waals surface area contributed by atoms with Crippen molar-refractivity contribution in [3.63, 3.8) is 0 Å². The van der Waals surface area contributed by atoms with Crippen LogP contribution < -0.4 is 16.0 Å². The Kier molecular flexibility index (Phi) is 7.56. The summed E-state index contributed by atoms with van der Waals surface area (Å²) in [7, 11) is 0. The number of hydrogen-bond acceptors (Lipinski definition) is 2. The van der Waals surface area contributed by atoms with Crippen LogP contribution in [0.25, 0.3) is 16.8 Å². The number of rotatable bonds is 5. The van der Waals surface area contributed by atoms with Crippen molar-refractivity contribution in [1.82, 2.24) is 10.6 Å². The smallest absolute Gasteiger partial charge is 0.245 e. The zero-order chi connectivity index (χ0) is 21.6. The molecule has 3 aromatic carbocycles. The largest absolute Gasteiger partial charge is 0.339 e. The number of hydrogen-bond donors (Lipinski definition) is 3. The molecule has 1 atom stereocenters. The minimum atomic E-state index is -1.83. The summed E-state index contributed by atoms with van der Waals surface area (Å²) in [4.78, 5) is 12.3. The molecule has 0 saturated carbocycles. The zero-order valence-electron chi connectivity index (χ0n) is 15.6. The fourth-order valence-corrected chi connectivity index (χ4v) is 3.25. The van der Waals surface area contributed by atoms with Crippen molar-refractivity contribution in [1.29, 1.82) is 0 Å². The van der Waals surface area contributed by atoms with Crippen LogP contribution in [0.15, 0.2) is 78.9 Å². The topological polar surface area (TPSA) is 53.2 Å². The van der Waals surface area contributed by atoms with E-state index in [9.17, 15) is 4.79 Å². The molecule has 4 nitrogen and oxygen atoms in total. The van der Waals surface area contributed by atoms with Crippen molar-refractivity contribution in [2.75, 3.05) is 5.32 Å². The van der Waals surface area contributed by atoms with Gasteiger partial charge < -0.3 is 16.0 Å². The maximum atomic E-state index is 12.3. The van der Waals surface area contributed by atoms with E-state index in [1.807, 2.05) is 72.8 Å². The number of carbonyl (C=O) groups is 1. The number of nitrogens with one attached hydrogen (secondary N) is 3. The summed E-state index contributed by atoms with van der Waals surface area (Å²) in [5, 5.41) is 10.9. The van der Waals surface area contributed by atoms with E-state index < -0.39 is 15.9 Å². The molecular formula is C22H18Cl3N3OS. The summed E-state index contributed by atoms with van der Waals surface area (Å²) < 4.78 is -1.83. The molecular weight excluding hydrogens is 461 g/mol. The van der Waals surface area contributed by atoms with Gasteiger partial charge in [0, 0.05) is 11.8 Å². The molecule has 3 N–H and O–H groups in total. The average molecular weight is 479 g/mol. The van der Waals surface area contributed by atoms with E-state index >= 15 is 0 Å². The van der Waals surface area contributed by atoms with Crippen molar-refractivity contribution in [2.45, 2.75) is 9.96 Å². The summed E-state index contributed by atoms with van der Waals surface area (Å²) >= 11 is 23.4. The van der Waals surface area contributed by atoms with E-state index in [4.69, 9.17) is 47.0 Å². The minimum Gasteiger partial charge on any atom is -0.339 e. The lowest BCUT2D eigenvalue weighted by Crippen LogP contribution is -2.55. The maximum Gasteiger partial charge on any atom is 0.245 e. The molecule has 0 bridgehead atoms. The third-order valence-corrected chi connectivity index (χ3v) is 5.00. The van der Waals surface area contributed by atoms with Gasteiger partial charge in [-0.05, 0) is 46.8 Å². The molecule has 0 saturated heterocycles. The quantitative estimate of drug-likeness (QED) is 0.192. The van der Waals surface area contributed by atoms with Gasteiger partial charge >= 0.3 is 0 Å². The second-order valence-electron chi connectivity index (χ2n) is 6.39. The van der Waals surface area contributed by atoms with Crippen LogP contribution in [0.5, 0.6) is 0 Å². The third kappa shape index (κ3) is 6.61. The molecule has 0 aromatic heterocycles. The fraction of sp³-hybridized carbons (Fsp3) is 0.0909. The summed E-state index contributed by atoms with van der Waals surface area (Å²) in [6, 6.07) is 23.2. The minimum absolute atomic E-state index is 0.203. The Morgan fingerprint density at radius 2 is 1.57 bits per heavy atom. The van der Waals surface area contributed by atoms with E-state index in [1.54, 1.807) is 6.08 Å². The highest BCUT2D eigenvalue weighted by molar-refractivity contribution is 7.80. The number of amides is 1. The first-order valence-corrected chi connectivity index (χ1v) is 10.5. The molecule has 0 radical (unpaired) electrons. The van der Waals surface area contributed by atoms with Gasteiger partial charge in [0.25, 0.3) is 0 Å². The van der Waals surface area contributed by atoms with Gasteiger partial charge in [-0.3, -0.25) is 4.79 Å². The molecule has 3 rings (SSSR count). The van der Waals surface area contributed by atoms with Gasteiger partial charge in [0.05, 0.1) is 0 Å². The second kappa shape index (κ2) is 10.1. The van der Waals surface area contributed by atoms with Crippen LogP contribution >= 0.6 is 47.0 Å². The molecule has 1 amide bonds. The molecule has 0 spiro atoms. The lowest BCUT2D eigenvalue weighted by molar-refractivity contribution is -0.117. The SMILES string of the molecule is O=C(/C=C/c1ccccc1)NC(NC(=S)Nc1ccc2ccccc2c1)C(Cl)(Cl)Cl. The highest BCUT2D eigenvalue weighted by Crippen LogP contribution is 2.29. The van der Waals surface area contributed by atoms with E-state index in [0.29, 0.717) is 0 Å². The predicted molar refractivity (Wildman–Crippen MR) is 131 cm³/mol. The summed E-state index contributed by atoms with van der Waals surface area (Å²) in [6.07, 6.45) is 1.98. The number of benzene rings is 3. The Balaban J connectivity index is 1.64. The monoisotopic (exact) mass is 477 g/mol. The first-order valence-electron chi connectivity index (χ1n) is 8.98. The number of thiocarbonyl (C=S) groups is 1. The van der Waals surface area contributed by atoms with Crippen LogP contribution in [0.3, 0.4) is 0 Å².